The minimum atomic E-state index is -0.592. The summed E-state index contributed by atoms with van der Waals surface area (Å²) in [7, 11) is 0. The molecule has 4 aliphatic carbocycles. The maximum Gasteiger partial charge on any atom is 0.289 e. The van der Waals surface area contributed by atoms with Gasteiger partial charge in [0.1, 0.15) is 0 Å². The largest absolute Gasteiger partial charge is 0.289 e. The average Bonchev–Trinajstić information content (AvgIpc) is 2.78. The molecule has 0 spiro atoms. The van der Waals surface area contributed by atoms with Gasteiger partial charge in [0, 0.05) is 11.3 Å². The lowest BCUT2D eigenvalue weighted by Crippen LogP contribution is -2.07. The molecule has 3 unspecified atom stereocenters. The summed E-state index contributed by atoms with van der Waals surface area (Å²) in [6, 6.07) is 3.97. The smallest absolute Gasteiger partial charge is 0.258 e. The van der Waals surface area contributed by atoms with E-state index in [1.54, 1.807) is 11.8 Å². The number of hydrogen-bond acceptors (Lipinski definition) is 5. The van der Waals surface area contributed by atoms with E-state index in [-0.39, 0.29) is 11.4 Å². The third kappa shape index (κ3) is 1.59. The second-order valence-electron chi connectivity index (χ2n) is 5.89. The summed E-state index contributed by atoms with van der Waals surface area (Å²) in [5.74, 6) is 3.14. The van der Waals surface area contributed by atoms with Gasteiger partial charge in [-0.05, 0) is 42.6 Å². The molecule has 6 nitrogen and oxygen atoms in total. The van der Waals surface area contributed by atoms with E-state index in [4.69, 9.17) is 0 Å². The van der Waals surface area contributed by atoms with E-state index in [0.29, 0.717) is 16.1 Å². The fraction of sp³-hybridized carbons (Fsp3) is 0.538. The first kappa shape index (κ1) is 12.1. The second kappa shape index (κ2) is 3.94. The number of nitrogens with zero attached hydrogens (tertiary/aromatic N) is 2. The Bertz CT molecular complexity index is 621. The van der Waals surface area contributed by atoms with Gasteiger partial charge in [-0.1, -0.05) is 0 Å². The molecule has 0 saturated heterocycles. The van der Waals surface area contributed by atoms with Crippen molar-refractivity contribution >= 4 is 23.1 Å². The van der Waals surface area contributed by atoms with E-state index in [1.807, 2.05) is 0 Å². The molecule has 1 aromatic rings. The summed E-state index contributed by atoms with van der Waals surface area (Å²) in [6.45, 7) is 0. The number of hydrogen-bond donors (Lipinski definition) is 0. The monoisotopic (exact) mass is 292 g/mol. The van der Waals surface area contributed by atoms with Crippen LogP contribution >= 0.6 is 11.8 Å². The minimum Gasteiger partial charge on any atom is -0.258 e. The lowest BCUT2D eigenvalue weighted by molar-refractivity contribution is -0.396. The van der Waals surface area contributed by atoms with E-state index in [0.717, 1.165) is 23.8 Å². The summed E-state index contributed by atoms with van der Waals surface area (Å²) in [6.07, 6.45) is 2.54. The molecule has 3 atom stereocenters. The average molecular weight is 292 g/mol. The summed E-state index contributed by atoms with van der Waals surface area (Å²) in [5, 5.41) is 22.3. The van der Waals surface area contributed by atoms with Crippen molar-refractivity contribution in [3.8, 4) is 0 Å². The fourth-order valence-corrected chi connectivity index (χ4v) is 5.86. The highest BCUT2D eigenvalue weighted by Crippen LogP contribution is 2.73. The molecule has 0 amide bonds. The molecule has 4 bridgehead atoms. The minimum absolute atomic E-state index is 0.134. The lowest BCUT2D eigenvalue weighted by atomic mass is 10.1. The SMILES string of the molecule is O=[N+]([O-])c1ccc(SC2C3CC4C(C3)C42)c([N+](=O)[O-])c1. The number of thioether (sulfide) groups is 1. The number of nitro benzene ring substituents is 2. The van der Waals surface area contributed by atoms with Crippen molar-refractivity contribution in [2.45, 2.75) is 23.0 Å². The number of benzene rings is 1. The molecule has 4 fully saturated rings. The molecule has 0 aromatic heterocycles. The molecule has 1 aromatic carbocycles. The summed E-state index contributed by atoms with van der Waals surface area (Å²) < 4.78 is 0. The van der Waals surface area contributed by atoms with Crippen molar-refractivity contribution in [2.75, 3.05) is 0 Å². The van der Waals surface area contributed by atoms with Crippen LogP contribution in [0.1, 0.15) is 12.8 Å². The Hall–Kier alpha value is -1.63. The Kier molecular flexibility index (Phi) is 2.39. The molecular weight excluding hydrogens is 280 g/mol. The van der Waals surface area contributed by atoms with Gasteiger partial charge in [0.15, 0.2) is 0 Å². The lowest BCUT2D eigenvalue weighted by Gasteiger charge is -2.14. The van der Waals surface area contributed by atoms with Crippen molar-refractivity contribution in [3.05, 3.63) is 38.4 Å². The molecule has 4 aliphatic rings. The third-order valence-corrected chi connectivity index (χ3v) is 6.58. The maximum absolute atomic E-state index is 11.1. The highest BCUT2D eigenvalue weighted by atomic mass is 32.2. The highest BCUT2D eigenvalue weighted by molar-refractivity contribution is 8.00. The molecular formula is C13H12N2O4S. The maximum atomic E-state index is 11.1. The first-order valence-corrected chi connectivity index (χ1v) is 7.53. The van der Waals surface area contributed by atoms with Crippen LogP contribution in [-0.4, -0.2) is 15.1 Å². The van der Waals surface area contributed by atoms with Gasteiger partial charge in [0.25, 0.3) is 11.4 Å². The Morgan fingerprint density at radius 3 is 2.30 bits per heavy atom. The number of nitro groups is 2. The van der Waals surface area contributed by atoms with Crippen LogP contribution < -0.4 is 0 Å². The van der Waals surface area contributed by atoms with E-state index in [1.165, 1.54) is 25.0 Å². The summed E-state index contributed by atoms with van der Waals surface area (Å²) >= 11 is 1.56. The van der Waals surface area contributed by atoms with Gasteiger partial charge in [-0.25, -0.2) is 0 Å². The molecule has 0 N–H and O–H groups in total. The van der Waals surface area contributed by atoms with E-state index >= 15 is 0 Å². The van der Waals surface area contributed by atoms with Gasteiger partial charge in [-0.15, -0.1) is 11.8 Å². The first-order valence-electron chi connectivity index (χ1n) is 6.66. The summed E-state index contributed by atoms with van der Waals surface area (Å²) in [5.41, 5.74) is -0.355. The van der Waals surface area contributed by atoms with Gasteiger partial charge < -0.3 is 0 Å². The molecule has 5 rings (SSSR count). The van der Waals surface area contributed by atoms with E-state index in [2.05, 4.69) is 0 Å². The van der Waals surface area contributed by atoms with Crippen molar-refractivity contribution in [1.29, 1.82) is 0 Å². The highest BCUT2D eigenvalue weighted by Gasteiger charge is 2.68. The predicted molar refractivity (Wildman–Crippen MR) is 72.6 cm³/mol. The Morgan fingerprint density at radius 2 is 1.80 bits per heavy atom. The van der Waals surface area contributed by atoms with E-state index in [9.17, 15) is 20.2 Å². The van der Waals surface area contributed by atoms with E-state index < -0.39 is 9.85 Å². The zero-order valence-corrected chi connectivity index (χ0v) is 11.3. The van der Waals surface area contributed by atoms with Gasteiger partial charge in [0.2, 0.25) is 0 Å². The van der Waals surface area contributed by atoms with Crippen LogP contribution in [0, 0.1) is 43.9 Å². The molecule has 7 heteroatoms. The third-order valence-electron chi connectivity index (χ3n) is 5.00. The number of rotatable bonds is 4. The molecule has 104 valence electrons. The van der Waals surface area contributed by atoms with Crippen molar-refractivity contribution in [3.63, 3.8) is 0 Å². The van der Waals surface area contributed by atoms with Crippen LogP contribution in [0.4, 0.5) is 11.4 Å². The molecule has 0 aliphatic heterocycles. The van der Waals surface area contributed by atoms with Crippen LogP contribution in [0.15, 0.2) is 23.1 Å². The standard InChI is InChI=1S/C13H12N2O4S/c16-14(17)7-1-2-11(10(5-7)15(18)19)20-13-6-3-8-9(4-6)12(8)13/h1-2,5-6,8-9,12-13H,3-4H2. The number of non-ortho nitro benzene ring substituents is 1. The van der Waals surface area contributed by atoms with Gasteiger partial charge >= 0.3 is 0 Å². The molecule has 4 saturated carbocycles. The van der Waals surface area contributed by atoms with Crippen molar-refractivity contribution < 1.29 is 9.85 Å². The molecule has 0 radical (unpaired) electrons. The topological polar surface area (TPSA) is 86.3 Å². The first-order chi connectivity index (χ1) is 9.56. The molecule has 0 heterocycles. The summed E-state index contributed by atoms with van der Waals surface area (Å²) in [4.78, 5) is 21.3. The quantitative estimate of drug-likeness (QED) is 0.628. The van der Waals surface area contributed by atoms with Gasteiger partial charge in [-0.3, -0.25) is 20.2 Å². The molecule has 20 heavy (non-hydrogen) atoms. The van der Waals surface area contributed by atoms with Crippen LogP contribution in [0.3, 0.4) is 0 Å². The van der Waals surface area contributed by atoms with Crippen LogP contribution in [-0.2, 0) is 0 Å². The zero-order chi connectivity index (χ0) is 14.0. The second-order valence-corrected chi connectivity index (χ2v) is 7.11. The zero-order valence-electron chi connectivity index (χ0n) is 10.5. The Morgan fingerprint density at radius 1 is 1.10 bits per heavy atom. The normalized spacial score (nSPS) is 36.1. The predicted octanol–water partition coefficient (Wildman–Crippen LogP) is 3.25. The van der Waals surface area contributed by atoms with Crippen LogP contribution in [0.2, 0.25) is 0 Å². The van der Waals surface area contributed by atoms with Crippen LogP contribution in [0.5, 0.6) is 0 Å². The Labute approximate surface area is 118 Å². The van der Waals surface area contributed by atoms with Crippen LogP contribution in [0.25, 0.3) is 0 Å². The van der Waals surface area contributed by atoms with Crippen molar-refractivity contribution in [1.82, 2.24) is 0 Å². The van der Waals surface area contributed by atoms with Gasteiger partial charge in [-0.2, -0.15) is 0 Å². The van der Waals surface area contributed by atoms with Crippen molar-refractivity contribution in [2.24, 2.45) is 23.7 Å². The van der Waals surface area contributed by atoms with Gasteiger partial charge in [0.05, 0.1) is 20.8 Å². The Balaban J connectivity index is 1.64. The fourth-order valence-electron chi connectivity index (χ4n) is 4.19.